The zero-order chi connectivity index (χ0) is 6.57. The van der Waals surface area contributed by atoms with Crippen LogP contribution in [0.25, 0.3) is 0 Å². The molecule has 50 valence electrons. The van der Waals surface area contributed by atoms with Crippen molar-refractivity contribution in [1.82, 2.24) is 4.90 Å². The van der Waals surface area contributed by atoms with Crippen LogP contribution >= 0.6 is 0 Å². The molecule has 0 aromatic heterocycles. The molecule has 0 aromatic rings. The van der Waals surface area contributed by atoms with Gasteiger partial charge in [-0.2, -0.15) is 0 Å². The third kappa shape index (κ3) is 4.09. The summed E-state index contributed by atoms with van der Waals surface area (Å²) in [5.41, 5.74) is 0. The first kappa shape index (κ1) is 7.92. The van der Waals surface area contributed by atoms with Crippen molar-refractivity contribution < 1.29 is 4.74 Å². The van der Waals surface area contributed by atoms with E-state index < -0.39 is 0 Å². The Morgan fingerprint density at radius 3 is 2.12 bits per heavy atom. The topological polar surface area (TPSA) is 12.5 Å². The monoisotopic (exact) mass is 117 g/mol. The Morgan fingerprint density at radius 1 is 1.50 bits per heavy atom. The highest BCUT2D eigenvalue weighted by atomic mass is 16.5. The molecule has 0 saturated carbocycles. The van der Waals surface area contributed by atoms with Gasteiger partial charge in [0.1, 0.15) is 0 Å². The summed E-state index contributed by atoms with van der Waals surface area (Å²) >= 11 is 0. The second-order valence-corrected chi connectivity index (χ2v) is 2.31. The summed E-state index contributed by atoms with van der Waals surface area (Å²) in [6.07, 6.45) is 0.352. The van der Waals surface area contributed by atoms with E-state index >= 15 is 0 Å². The molecule has 0 unspecified atom stereocenters. The molecule has 0 bridgehead atoms. The maximum atomic E-state index is 5.02. The van der Waals surface area contributed by atoms with Crippen LogP contribution in [0.2, 0.25) is 0 Å². The first-order chi connectivity index (χ1) is 3.66. The molecule has 0 rings (SSSR count). The standard InChI is InChI=1S/C6H15NO/c1-6(8-4)5-7(2)3/h6H,5H2,1-4H3/t6-/m0/s1. The van der Waals surface area contributed by atoms with Crippen molar-refractivity contribution in [1.29, 1.82) is 0 Å². The van der Waals surface area contributed by atoms with Gasteiger partial charge >= 0.3 is 0 Å². The van der Waals surface area contributed by atoms with Gasteiger partial charge in [0.05, 0.1) is 6.10 Å². The molecule has 0 saturated heterocycles. The Balaban J connectivity index is 3.10. The van der Waals surface area contributed by atoms with E-state index in [1.54, 1.807) is 7.11 Å². The van der Waals surface area contributed by atoms with Gasteiger partial charge < -0.3 is 9.64 Å². The van der Waals surface area contributed by atoms with E-state index in [0.29, 0.717) is 6.10 Å². The summed E-state index contributed by atoms with van der Waals surface area (Å²) in [6, 6.07) is 0. The van der Waals surface area contributed by atoms with Crippen LogP contribution in [0.4, 0.5) is 0 Å². The number of hydrogen-bond acceptors (Lipinski definition) is 2. The van der Waals surface area contributed by atoms with Crippen LogP contribution in [0.1, 0.15) is 6.92 Å². The third-order valence-electron chi connectivity index (χ3n) is 1.02. The minimum absolute atomic E-state index is 0.352. The Bertz CT molecular complexity index is 54.5. The molecular weight excluding hydrogens is 102 g/mol. The Hall–Kier alpha value is -0.0800. The van der Waals surface area contributed by atoms with Gasteiger partial charge in [-0.3, -0.25) is 0 Å². The first-order valence-corrected chi connectivity index (χ1v) is 2.84. The lowest BCUT2D eigenvalue weighted by Crippen LogP contribution is -2.24. The van der Waals surface area contributed by atoms with Gasteiger partial charge in [-0.05, 0) is 21.0 Å². The summed E-state index contributed by atoms with van der Waals surface area (Å²) in [6.45, 7) is 3.05. The van der Waals surface area contributed by atoms with Gasteiger partial charge in [0.15, 0.2) is 0 Å². The highest BCUT2D eigenvalue weighted by Gasteiger charge is 1.98. The van der Waals surface area contributed by atoms with Crippen LogP contribution in [-0.4, -0.2) is 38.8 Å². The molecule has 2 heteroatoms. The number of rotatable bonds is 3. The number of hydrogen-bond donors (Lipinski definition) is 0. The van der Waals surface area contributed by atoms with E-state index in [1.165, 1.54) is 0 Å². The second-order valence-electron chi connectivity index (χ2n) is 2.31. The van der Waals surface area contributed by atoms with Crippen molar-refractivity contribution in [2.45, 2.75) is 13.0 Å². The highest BCUT2D eigenvalue weighted by molar-refractivity contribution is 4.50. The maximum absolute atomic E-state index is 5.02. The zero-order valence-electron chi connectivity index (χ0n) is 6.14. The minimum Gasteiger partial charge on any atom is -0.380 e. The van der Waals surface area contributed by atoms with Gasteiger partial charge in [0.2, 0.25) is 0 Å². The molecule has 0 heterocycles. The normalized spacial score (nSPS) is 14.6. The van der Waals surface area contributed by atoms with E-state index in [4.69, 9.17) is 4.74 Å². The molecule has 0 aromatic carbocycles. The first-order valence-electron chi connectivity index (χ1n) is 2.84. The lowest BCUT2D eigenvalue weighted by Gasteiger charge is -2.14. The summed E-state index contributed by atoms with van der Waals surface area (Å²) < 4.78 is 5.02. The number of nitrogens with zero attached hydrogens (tertiary/aromatic N) is 1. The number of ether oxygens (including phenoxy) is 1. The largest absolute Gasteiger partial charge is 0.380 e. The zero-order valence-corrected chi connectivity index (χ0v) is 6.14. The molecule has 0 aliphatic carbocycles. The fraction of sp³-hybridized carbons (Fsp3) is 1.00. The van der Waals surface area contributed by atoms with Crippen molar-refractivity contribution in [3.8, 4) is 0 Å². The second kappa shape index (κ2) is 3.87. The lowest BCUT2D eigenvalue weighted by molar-refractivity contribution is 0.0929. The quantitative estimate of drug-likeness (QED) is 0.536. The summed E-state index contributed by atoms with van der Waals surface area (Å²) in [5.74, 6) is 0. The summed E-state index contributed by atoms with van der Waals surface area (Å²) in [5, 5.41) is 0. The fourth-order valence-electron chi connectivity index (χ4n) is 0.589. The van der Waals surface area contributed by atoms with Gasteiger partial charge in [-0.15, -0.1) is 0 Å². The van der Waals surface area contributed by atoms with Crippen LogP contribution in [0.3, 0.4) is 0 Å². The molecule has 0 fully saturated rings. The van der Waals surface area contributed by atoms with Crippen LogP contribution in [0, 0.1) is 0 Å². The average molecular weight is 117 g/mol. The van der Waals surface area contributed by atoms with E-state index in [2.05, 4.69) is 11.8 Å². The predicted molar refractivity (Wildman–Crippen MR) is 35.0 cm³/mol. The molecule has 8 heavy (non-hydrogen) atoms. The molecule has 2 nitrogen and oxygen atoms in total. The van der Waals surface area contributed by atoms with Gasteiger partial charge in [0.25, 0.3) is 0 Å². The van der Waals surface area contributed by atoms with Gasteiger partial charge in [0, 0.05) is 13.7 Å². The van der Waals surface area contributed by atoms with Gasteiger partial charge in [-0.1, -0.05) is 0 Å². The summed E-state index contributed by atoms with van der Waals surface area (Å²) in [4.78, 5) is 2.11. The number of likely N-dealkylation sites (N-methyl/N-ethyl adjacent to an activating group) is 1. The molecule has 1 atom stereocenters. The Labute approximate surface area is 51.4 Å². The third-order valence-corrected chi connectivity index (χ3v) is 1.02. The van der Waals surface area contributed by atoms with Crippen molar-refractivity contribution in [3.63, 3.8) is 0 Å². The Morgan fingerprint density at radius 2 is 2.00 bits per heavy atom. The molecular formula is C6H15NO. The molecule has 0 N–H and O–H groups in total. The van der Waals surface area contributed by atoms with E-state index in [9.17, 15) is 0 Å². The highest BCUT2D eigenvalue weighted by Crippen LogP contribution is 1.87. The van der Waals surface area contributed by atoms with E-state index in [-0.39, 0.29) is 0 Å². The molecule has 0 aliphatic heterocycles. The summed E-state index contributed by atoms with van der Waals surface area (Å²) in [7, 11) is 5.80. The van der Waals surface area contributed by atoms with Gasteiger partial charge in [-0.25, -0.2) is 0 Å². The van der Waals surface area contributed by atoms with Crippen LogP contribution < -0.4 is 0 Å². The lowest BCUT2D eigenvalue weighted by atomic mass is 10.4. The average Bonchev–Trinajstić information content (AvgIpc) is 1.65. The molecule has 0 aliphatic rings. The Kier molecular flexibility index (Phi) is 3.83. The smallest absolute Gasteiger partial charge is 0.0669 e. The van der Waals surface area contributed by atoms with Crippen molar-refractivity contribution in [2.75, 3.05) is 27.7 Å². The predicted octanol–water partition coefficient (Wildman–Crippen LogP) is 0.583. The van der Waals surface area contributed by atoms with E-state index in [0.717, 1.165) is 6.54 Å². The van der Waals surface area contributed by atoms with Crippen LogP contribution in [0.15, 0.2) is 0 Å². The van der Waals surface area contributed by atoms with E-state index in [1.807, 2.05) is 14.1 Å². The van der Waals surface area contributed by atoms with Crippen molar-refractivity contribution in [3.05, 3.63) is 0 Å². The number of methoxy groups -OCH3 is 1. The fourth-order valence-corrected chi connectivity index (χ4v) is 0.589. The van der Waals surface area contributed by atoms with Crippen molar-refractivity contribution >= 4 is 0 Å². The molecule has 0 radical (unpaired) electrons. The van der Waals surface area contributed by atoms with Crippen LogP contribution in [0.5, 0.6) is 0 Å². The van der Waals surface area contributed by atoms with Crippen LogP contribution in [-0.2, 0) is 4.74 Å². The molecule has 0 amide bonds. The minimum atomic E-state index is 0.352. The maximum Gasteiger partial charge on any atom is 0.0669 e. The van der Waals surface area contributed by atoms with Crippen molar-refractivity contribution in [2.24, 2.45) is 0 Å². The SMILES string of the molecule is CO[C@@H](C)CN(C)C. The molecule has 0 spiro atoms.